The number of hydrogen-bond acceptors (Lipinski definition) is 0. The highest BCUT2D eigenvalue weighted by molar-refractivity contribution is 5.01. The molecule has 0 bridgehead atoms. The smallest absolute Gasteiger partial charge is 0.0352 e. The molecule has 0 aromatic rings. The number of hydrogen-bond donors (Lipinski definition) is 0. The van der Waals surface area contributed by atoms with Crippen molar-refractivity contribution in [2.24, 2.45) is 47.3 Å². The predicted octanol–water partition coefficient (Wildman–Crippen LogP) is 6.79. The lowest BCUT2D eigenvalue weighted by Crippen LogP contribution is -2.16. The molecule has 0 heterocycles. The van der Waals surface area contributed by atoms with E-state index in [4.69, 9.17) is 0 Å². The van der Waals surface area contributed by atoms with Crippen LogP contribution in [0.25, 0.3) is 0 Å². The summed E-state index contributed by atoms with van der Waals surface area (Å²) in [5.41, 5.74) is 0. The zero-order valence-electron chi connectivity index (χ0n) is 15.6. The van der Waals surface area contributed by atoms with E-state index in [0.717, 1.165) is 47.3 Å². The minimum absolute atomic E-state index is 0.868. The van der Waals surface area contributed by atoms with E-state index in [1.54, 1.807) is 12.8 Å². The lowest BCUT2D eigenvalue weighted by Gasteiger charge is -2.26. The van der Waals surface area contributed by atoms with Crippen LogP contribution in [0.3, 0.4) is 0 Å². The second kappa shape index (κ2) is 7.51. The third-order valence-electron chi connectivity index (χ3n) is 6.40. The molecule has 0 N–H and O–H groups in total. The van der Waals surface area contributed by atoms with Gasteiger partial charge in [-0.05, 0) is 79.4 Å². The second-order valence-corrected chi connectivity index (χ2v) is 9.30. The fraction of sp³-hybridized carbons (Fsp3) is 1.00. The average molecular weight is 293 g/mol. The average Bonchev–Trinajstić information content (AvgIpc) is 3.26. The van der Waals surface area contributed by atoms with Gasteiger partial charge in [0.25, 0.3) is 0 Å². The van der Waals surface area contributed by atoms with Crippen LogP contribution in [0.15, 0.2) is 0 Å². The van der Waals surface area contributed by atoms with Crippen molar-refractivity contribution in [2.75, 3.05) is 0 Å². The monoisotopic (exact) mass is 292 g/mol. The summed E-state index contributed by atoms with van der Waals surface area (Å²) in [7, 11) is 0. The Bertz CT molecular complexity index is 303. The third-order valence-corrected chi connectivity index (χ3v) is 6.40. The van der Waals surface area contributed by atoms with E-state index < -0.39 is 0 Å². The summed E-state index contributed by atoms with van der Waals surface area (Å²) >= 11 is 0. The Morgan fingerprint density at radius 1 is 0.810 bits per heavy atom. The van der Waals surface area contributed by atoms with Crippen molar-refractivity contribution >= 4 is 0 Å². The molecule has 2 aliphatic rings. The van der Waals surface area contributed by atoms with E-state index in [-0.39, 0.29) is 0 Å². The molecule has 2 rings (SSSR count). The maximum atomic E-state index is 2.56. The maximum absolute atomic E-state index is 2.56. The summed E-state index contributed by atoms with van der Waals surface area (Å²) in [6, 6.07) is 0. The third kappa shape index (κ3) is 5.29. The van der Waals surface area contributed by atoms with Crippen LogP contribution >= 0.6 is 0 Å². The molecule has 0 nitrogen and oxygen atoms in total. The molecule has 0 saturated heterocycles. The van der Waals surface area contributed by atoms with Gasteiger partial charge in [-0.15, -0.1) is 0 Å². The van der Waals surface area contributed by atoms with Gasteiger partial charge in [0.2, 0.25) is 0 Å². The van der Waals surface area contributed by atoms with Crippen molar-refractivity contribution in [3.63, 3.8) is 0 Å². The van der Waals surface area contributed by atoms with Gasteiger partial charge in [0, 0.05) is 0 Å². The summed E-state index contributed by atoms with van der Waals surface area (Å²) < 4.78 is 0. The summed E-state index contributed by atoms with van der Waals surface area (Å²) in [6.45, 7) is 14.5. The van der Waals surface area contributed by atoms with Crippen molar-refractivity contribution in [3.8, 4) is 0 Å². The highest BCUT2D eigenvalue weighted by atomic mass is 14.6. The molecular formula is C21H40. The SMILES string of the molecule is CCC1CC1C1CC1CC(C)C(CCC(C)C)CC(C)C. The van der Waals surface area contributed by atoms with Gasteiger partial charge >= 0.3 is 0 Å². The fourth-order valence-corrected chi connectivity index (χ4v) is 4.79. The van der Waals surface area contributed by atoms with Crippen molar-refractivity contribution in [2.45, 2.75) is 86.5 Å². The van der Waals surface area contributed by atoms with Crippen molar-refractivity contribution in [1.29, 1.82) is 0 Å². The Labute approximate surface area is 134 Å². The first kappa shape index (κ1) is 17.4. The Morgan fingerprint density at radius 3 is 1.95 bits per heavy atom. The molecule has 0 aromatic heterocycles. The molecule has 0 aliphatic heterocycles. The van der Waals surface area contributed by atoms with E-state index in [9.17, 15) is 0 Å². The summed E-state index contributed by atoms with van der Waals surface area (Å²) in [5, 5.41) is 0. The topological polar surface area (TPSA) is 0 Å². The van der Waals surface area contributed by atoms with Crippen LogP contribution in [0.1, 0.15) is 86.5 Å². The Hall–Kier alpha value is 0. The highest BCUT2D eigenvalue weighted by Crippen LogP contribution is 2.60. The zero-order valence-corrected chi connectivity index (χ0v) is 15.6. The molecule has 0 heteroatoms. The molecule has 0 aromatic carbocycles. The van der Waals surface area contributed by atoms with Crippen LogP contribution in [-0.4, -0.2) is 0 Å². The van der Waals surface area contributed by atoms with Crippen LogP contribution in [-0.2, 0) is 0 Å². The molecule has 2 saturated carbocycles. The van der Waals surface area contributed by atoms with Crippen molar-refractivity contribution < 1.29 is 0 Å². The molecular weight excluding hydrogens is 252 g/mol. The zero-order chi connectivity index (χ0) is 15.6. The highest BCUT2D eigenvalue weighted by Gasteiger charge is 2.52. The van der Waals surface area contributed by atoms with E-state index in [1.165, 1.54) is 32.1 Å². The van der Waals surface area contributed by atoms with Crippen LogP contribution in [0.4, 0.5) is 0 Å². The van der Waals surface area contributed by atoms with Crippen LogP contribution < -0.4 is 0 Å². The molecule has 0 radical (unpaired) electrons. The van der Waals surface area contributed by atoms with Gasteiger partial charge in [0.05, 0.1) is 0 Å². The summed E-state index contributed by atoms with van der Waals surface area (Å²) in [4.78, 5) is 0. The maximum Gasteiger partial charge on any atom is -0.0352 e. The van der Waals surface area contributed by atoms with Crippen LogP contribution in [0, 0.1) is 47.3 Å². The van der Waals surface area contributed by atoms with Gasteiger partial charge < -0.3 is 0 Å². The van der Waals surface area contributed by atoms with E-state index in [0.29, 0.717) is 0 Å². The van der Waals surface area contributed by atoms with Crippen molar-refractivity contribution in [1.82, 2.24) is 0 Å². The molecule has 0 spiro atoms. The minimum Gasteiger partial charge on any atom is -0.0651 e. The Morgan fingerprint density at radius 2 is 1.43 bits per heavy atom. The quantitative estimate of drug-likeness (QED) is 0.415. The lowest BCUT2D eigenvalue weighted by atomic mass is 9.79. The van der Waals surface area contributed by atoms with Crippen LogP contribution in [0.5, 0.6) is 0 Å². The fourth-order valence-electron chi connectivity index (χ4n) is 4.79. The first-order valence-corrected chi connectivity index (χ1v) is 9.92. The van der Waals surface area contributed by atoms with Gasteiger partial charge in [-0.2, -0.15) is 0 Å². The Kier molecular flexibility index (Phi) is 6.21. The lowest BCUT2D eigenvalue weighted by molar-refractivity contribution is 0.242. The Balaban J connectivity index is 1.74. The minimum atomic E-state index is 0.868. The van der Waals surface area contributed by atoms with Gasteiger partial charge in [0.15, 0.2) is 0 Å². The molecule has 6 atom stereocenters. The molecule has 2 aliphatic carbocycles. The number of rotatable bonds is 10. The molecule has 0 amide bonds. The molecule has 21 heavy (non-hydrogen) atoms. The van der Waals surface area contributed by atoms with Crippen molar-refractivity contribution in [3.05, 3.63) is 0 Å². The van der Waals surface area contributed by atoms with Gasteiger partial charge in [-0.3, -0.25) is 0 Å². The van der Waals surface area contributed by atoms with Gasteiger partial charge in [-0.1, -0.05) is 54.4 Å². The molecule has 2 fully saturated rings. The largest absolute Gasteiger partial charge is 0.0651 e. The van der Waals surface area contributed by atoms with E-state index in [1.807, 2.05) is 0 Å². The molecule has 6 unspecified atom stereocenters. The van der Waals surface area contributed by atoms with Crippen LogP contribution in [0.2, 0.25) is 0 Å². The first-order chi connectivity index (χ1) is 9.92. The molecule has 124 valence electrons. The van der Waals surface area contributed by atoms with Gasteiger partial charge in [-0.25, -0.2) is 0 Å². The van der Waals surface area contributed by atoms with Gasteiger partial charge in [0.1, 0.15) is 0 Å². The van der Waals surface area contributed by atoms with E-state index in [2.05, 4.69) is 41.5 Å². The van der Waals surface area contributed by atoms with E-state index >= 15 is 0 Å². The predicted molar refractivity (Wildman–Crippen MR) is 94.3 cm³/mol. The first-order valence-electron chi connectivity index (χ1n) is 9.92. The standard InChI is InChI=1S/C21H40/c1-7-17-12-20(17)21-13-19(21)11-16(6)18(10-15(4)5)9-8-14(2)3/h14-21H,7-13H2,1-6H3. The summed E-state index contributed by atoms with van der Waals surface area (Å²) in [6.07, 6.45) is 10.5. The normalized spacial score (nSPS) is 34.3. The summed E-state index contributed by atoms with van der Waals surface area (Å²) in [5.74, 6) is 8.19. The second-order valence-electron chi connectivity index (χ2n) is 9.30.